The summed E-state index contributed by atoms with van der Waals surface area (Å²) < 4.78 is 0. The van der Waals surface area contributed by atoms with E-state index in [9.17, 15) is 4.79 Å². The number of nitrogens with one attached hydrogen (secondary N) is 1. The highest BCUT2D eigenvalue weighted by Gasteiger charge is 2.18. The molecule has 3 heterocycles. The van der Waals surface area contributed by atoms with Crippen LogP contribution in [0.2, 0.25) is 0 Å². The molecule has 1 saturated heterocycles. The van der Waals surface area contributed by atoms with Crippen LogP contribution in [-0.4, -0.2) is 30.5 Å². The van der Waals surface area contributed by atoms with Crippen molar-refractivity contribution in [2.24, 2.45) is 0 Å². The van der Waals surface area contributed by atoms with Crippen molar-refractivity contribution in [3.05, 3.63) is 78.1 Å². The van der Waals surface area contributed by atoms with E-state index in [1.807, 2.05) is 18.2 Å². The average Bonchev–Trinajstić information content (AvgIpc) is 3.34. The maximum Gasteiger partial charge on any atom is 0.274 e. The number of hydrogen-bond donors (Lipinski definition) is 1. The van der Waals surface area contributed by atoms with Gasteiger partial charge in [-0.1, -0.05) is 18.2 Å². The lowest BCUT2D eigenvalue weighted by molar-refractivity contribution is 0.102. The van der Waals surface area contributed by atoms with Crippen LogP contribution >= 0.6 is 0 Å². The minimum absolute atomic E-state index is 0.186. The first-order valence-electron chi connectivity index (χ1n) is 10.8. The smallest absolute Gasteiger partial charge is 0.274 e. The van der Waals surface area contributed by atoms with E-state index in [2.05, 4.69) is 56.5 Å². The molecular weight excluding hydrogens is 372 g/mol. The predicted octanol–water partition coefficient (Wildman–Crippen LogP) is 5.02. The van der Waals surface area contributed by atoms with Crippen LogP contribution in [0.15, 0.2) is 66.9 Å². The Balaban J connectivity index is 1.27. The molecule has 1 fully saturated rings. The number of fused-ring (bicyclic) bond motifs is 1. The van der Waals surface area contributed by atoms with E-state index >= 15 is 0 Å². The summed E-state index contributed by atoms with van der Waals surface area (Å²) in [6, 6.07) is 20.4. The first-order valence-corrected chi connectivity index (χ1v) is 10.8. The Labute approximate surface area is 177 Å². The number of para-hydroxylation sites is 1. The second-order valence-electron chi connectivity index (χ2n) is 7.98. The van der Waals surface area contributed by atoms with Crippen LogP contribution < -0.4 is 15.1 Å². The summed E-state index contributed by atoms with van der Waals surface area (Å²) in [7, 11) is 0. The largest absolute Gasteiger partial charge is 0.372 e. The van der Waals surface area contributed by atoms with Crippen molar-refractivity contribution in [2.75, 3.05) is 34.8 Å². The second-order valence-corrected chi connectivity index (χ2v) is 7.98. The molecule has 1 aromatic heterocycles. The highest BCUT2D eigenvalue weighted by atomic mass is 16.1. The SMILES string of the molecule is O=C(Nc1ccc(N2CCCC2)cc1)c1ccc(N2CCCc3ccccc32)cn1. The van der Waals surface area contributed by atoms with E-state index in [1.54, 1.807) is 12.3 Å². The quantitative estimate of drug-likeness (QED) is 0.670. The molecule has 5 nitrogen and oxygen atoms in total. The molecule has 0 bridgehead atoms. The first-order chi connectivity index (χ1) is 14.8. The molecule has 0 aliphatic carbocycles. The normalized spacial score (nSPS) is 15.7. The van der Waals surface area contributed by atoms with Crippen molar-refractivity contribution in [1.29, 1.82) is 0 Å². The number of pyridine rings is 1. The highest BCUT2D eigenvalue weighted by Crippen LogP contribution is 2.32. The third kappa shape index (κ3) is 3.75. The zero-order chi connectivity index (χ0) is 20.3. The number of benzene rings is 2. The van der Waals surface area contributed by atoms with Crippen molar-refractivity contribution in [1.82, 2.24) is 4.98 Å². The lowest BCUT2D eigenvalue weighted by atomic mass is 10.0. The Hall–Kier alpha value is -3.34. The summed E-state index contributed by atoms with van der Waals surface area (Å²) >= 11 is 0. The maximum absolute atomic E-state index is 12.6. The predicted molar refractivity (Wildman–Crippen MR) is 122 cm³/mol. The molecule has 2 aliphatic rings. The summed E-state index contributed by atoms with van der Waals surface area (Å²) in [5.74, 6) is -0.186. The Morgan fingerprint density at radius 3 is 2.37 bits per heavy atom. The van der Waals surface area contributed by atoms with E-state index in [-0.39, 0.29) is 5.91 Å². The molecule has 0 saturated carbocycles. The van der Waals surface area contributed by atoms with Crippen LogP contribution in [0.4, 0.5) is 22.7 Å². The number of nitrogens with zero attached hydrogens (tertiary/aromatic N) is 3. The van der Waals surface area contributed by atoms with E-state index in [4.69, 9.17) is 0 Å². The number of hydrogen-bond acceptors (Lipinski definition) is 4. The fraction of sp³-hybridized carbons (Fsp3) is 0.280. The van der Waals surface area contributed by atoms with Crippen LogP contribution in [0.1, 0.15) is 35.3 Å². The van der Waals surface area contributed by atoms with Crippen LogP contribution in [0.3, 0.4) is 0 Å². The van der Waals surface area contributed by atoms with Gasteiger partial charge in [-0.3, -0.25) is 4.79 Å². The van der Waals surface area contributed by atoms with Gasteiger partial charge in [0, 0.05) is 36.7 Å². The molecule has 1 amide bonds. The van der Waals surface area contributed by atoms with Crippen molar-refractivity contribution in [3.8, 4) is 0 Å². The first kappa shape index (κ1) is 18.7. The fourth-order valence-corrected chi connectivity index (χ4v) is 4.41. The van der Waals surface area contributed by atoms with Crippen LogP contribution in [0, 0.1) is 0 Å². The second kappa shape index (κ2) is 8.19. The Kier molecular flexibility index (Phi) is 5.10. The molecule has 0 unspecified atom stereocenters. The van der Waals surface area contributed by atoms with Gasteiger partial charge in [0.1, 0.15) is 5.69 Å². The minimum Gasteiger partial charge on any atom is -0.372 e. The lowest BCUT2D eigenvalue weighted by Crippen LogP contribution is -2.24. The van der Waals surface area contributed by atoms with E-state index < -0.39 is 0 Å². The van der Waals surface area contributed by atoms with Gasteiger partial charge in [-0.15, -0.1) is 0 Å². The molecule has 0 spiro atoms. The fourth-order valence-electron chi connectivity index (χ4n) is 4.41. The topological polar surface area (TPSA) is 48.5 Å². The minimum atomic E-state index is -0.186. The van der Waals surface area contributed by atoms with Gasteiger partial charge < -0.3 is 15.1 Å². The molecule has 0 radical (unpaired) electrons. The Morgan fingerprint density at radius 2 is 1.60 bits per heavy atom. The third-order valence-corrected chi connectivity index (χ3v) is 6.00. The number of aryl methyl sites for hydroxylation is 1. The van der Waals surface area contributed by atoms with Gasteiger partial charge in [0.05, 0.1) is 11.9 Å². The number of carbonyl (C=O) groups excluding carboxylic acids is 1. The van der Waals surface area contributed by atoms with Gasteiger partial charge in [0.15, 0.2) is 0 Å². The Morgan fingerprint density at radius 1 is 0.833 bits per heavy atom. The summed E-state index contributed by atoms with van der Waals surface area (Å²) in [6.45, 7) is 3.19. The van der Waals surface area contributed by atoms with Crippen LogP contribution in [0.5, 0.6) is 0 Å². The molecule has 1 N–H and O–H groups in total. The monoisotopic (exact) mass is 398 g/mol. The van der Waals surface area contributed by atoms with Gasteiger partial charge in [0.2, 0.25) is 0 Å². The molecular formula is C25H26N4O. The molecule has 3 aromatic rings. The number of anilines is 4. The number of rotatable bonds is 4. The Bertz CT molecular complexity index is 1020. The maximum atomic E-state index is 12.6. The van der Waals surface area contributed by atoms with Crippen molar-refractivity contribution in [2.45, 2.75) is 25.7 Å². The summed E-state index contributed by atoms with van der Waals surface area (Å²) in [5.41, 5.74) is 6.05. The van der Waals surface area contributed by atoms with Crippen molar-refractivity contribution < 1.29 is 4.79 Å². The van der Waals surface area contributed by atoms with Crippen molar-refractivity contribution >= 4 is 28.7 Å². The van der Waals surface area contributed by atoms with Crippen LogP contribution in [0.25, 0.3) is 0 Å². The average molecular weight is 399 g/mol. The summed E-state index contributed by atoms with van der Waals surface area (Å²) in [6.07, 6.45) is 6.53. The lowest BCUT2D eigenvalue weighted by Gasteiger charge is -2.31. The zero-order valence-electron chi connectivity index (χ0n) is 17.1. The van der Waals surface area contributed by atoms with E-state index in [1.165, 1.54) is 29.8 Å². The summed E-state index contributed by atoms with van der Waals surface area (Å²) in [4.78, 5) is 21.7. The van der Waals surface area contributed by atoms with Crippen LogP contribution in [-0.2, 0) is 6.42 Å². The van der Waals surface area contributed by atoms with Crippen molar-refractivity contribution in [3.63, 3.8) is 0 Å². The van der Waals surface area contributed by atoms with Gasteiger partial charge in [-0.2, -0.15) is 0 Å². The standard InChI is InChI=1S/C25H26N4O/c30-25(27-20-9-11-21(12-10-20)28-15-3-4-16-28)23-14-13-22(18-26-23)29-17-5-7-19-6-1-2-8-24(19)29/h1-2,6,8-14,18H,3-5,7,15-17H2,(H,27,30). The molecule has 2 aromatic carbocycles. The highest BCUT2D eigenvalue weighted by molar-refractivity contribution is 6.03. The zero-order valence-corrected chi connectivity index (χ0v) is 17.1. The number of aromatic nitrogens is 1. The molecule has 152 valence electrons. The van der Waals surface area contributed by atoms with Gasteiger partial charge in [-0.25, -0.2) is 4.98 Å². The van der Waals surface area contributed by atoms with Gasteiger partial charge in [-0.05, 0) is 73.7 Å². The molecule has 5 rings (SSSR count). The summed E-state index contributed by atoms with van der Waals surface area (Å²) in [5, 5.41) is 2.96. The molecule has 2 aliphatic heterocycles. The van der Waals surface area contributed by atoms with E-state index in [0.29, 0.717) is 5.69 Å². The van der Waals surface area contributed by atoms with Gasteiger partial charge >= 0.3 is 0 Å². The molecule has 0 atom stereocenters. The number of amides is 1. The third-order valence-electron chi connectivity index (χ3n) is 6.00. The molecule has 30 heavy (non-hydrogen) atoms. The number of carbonyl (C=O) groups is 1. The van der Waals surface area contributed by atoms with E-state index in [0.717, 1.165) is 43.9 Å². The van der Waals surface area contributed by atoms with Gasteiger partial charge in [0.25, 0.3) is 5.91 Å². The molecule has 5 heteroatoms.